The first-order chi connectivity index (χ1) is 10.1. The van der Waals surface area contributed by atoms with E-state index in [9.17, 15) is 9.90 Å². The summed E-state index contributed by atoms with van der Waals surface area (Å²) in [5, 5.41) is 10.6. The molecule has 112 valence electrons. The van der Waals surface area contributed by atoms with Gasteiger partial charge < -0.3 is 15.4 Å². The lowest BCUT2D eigenvalue weighted by atomic mass is 9.87. The lowest BCUT2D eigenvalue weighted by Gasteiger charge is -2.21. The van der Waals surface area contributed by atoms with Gasteiger partial charge in [0.05, 0.1) is 11.1 Å². The second kappa shape index (κ2) is 5.53. The number of hydrogen-bond acceptors (Lipinski definition) is 2. The molecule has 1 aromatic carbocycles. The Labute approximate surface area is 124 Å². The standard InChI is InChI=1S/C17H22N2O2/c1-11-6-7-15-14(10-11)12-4-2-5-13(17(20)21)16(12)19(15)9-3-8-18/h2,4-5,11H,3,6-10,18H2,1H3,(H,20,21). The molecule has 0 spiro atoms. The summed E-state index contributed by atoms with van der Waals surface area (Å²) in [6.07, 6.45) is 4.13. The molecule has 1 aromatic heterocycles. The number of aromatic nitrogens is 1. The molecule has 3 N–H and O–H groups in total. The van der Waals surface area contributed by atoms with Gasteiger partial charge in [0.15, 0.2) is 0 Å². The number of aromatic carboxylic acids is 1. The minimum absolute atomic E-state index is 0.409. The first kappa shape index (κ1) is 14.1. The number of hydrogen-bond donors (Lipinski definition) is 2. The summed E-state index contributed by atoms with van der Waals surface area (Å²) in [5.41, 5.74) is 9.63. The van der Waals surface area contributed by atoms with Gasteiger partial charge in [-0.05, 0) is 49.8 Å². The highest BCUT2D eigenvalue weighted by Crippen LogP contribution is 2.35. The third-order valence-electron chi connectivity index (χ3n) is 4.55. The maximum absolute atomic E-state index is 11.6. The van der Waals surface area contributed by atoms with Crippen LogP contribution in [0, 0.1) is 5.92 Å². The highest BCUT2D eigenvalue weighted by molar-refractivity contribution is 6.04. The normalized spacial score (nSPS) is 17.9. The van der Waals surface area contributed by atoms with Crippen LogP contribution in [0.2, 0.25) is 0 Å². The van der Waals surface area contributed by atoms with Crippen LogP contribution < -0.4 is 5.73 Å². The van der Waals surface area contributed by atoms with Gasteiger partial charge in [0, 0.05) is 17.6 Å². The summed E-state index contributed by atoms with van der Waals surface area (Å²) >= 11 is 0. The van der Waals surface area contributed by atoms with E-state index in [0.717, 1.165) is 36.7 Å². The van der Waals surface area contributed by atoms with Crippen molar-refractivity contribution in [3.63, 3.8) is 0 Å². The van der Waals surface area contributed by atoms with Crippen molar-refractivity contribution in [1.82, 2.24) is 4.57 Å². The van der Waals surface area contributed by atoms with Crippen molar-refractivity contribution in [2.75, 3.05) is 6.54 Å². The Morgan fingerprint density at radius 1 is 1.48 bits per heavy atom. The summed E-state index contributed by atoms with van der Waals surface area (Å²) < 4.78 is 2.22. The smallest absolute Gasteiger partial charge is 0.337 e. The summed E-state index contributed by atoms with van der Waals surface area (Å²) in [4.78, 5) is 11.6. The number of para-hydroxylation sites is 1. The number of fused-ring (bicyclic) bond motifs is 3. The van der Waals surface area contributed by atoms with Gasteiger partial charge in [-0.15, -0.1) is 0 Å². The van der Waals surface area contributed by atoms with E-state index in [1.165, 1.54) is 17.7 Å². The monoisotopic (exact) mass is 286 g/mol. The van der Waals surface area contributed by atoms with Crippen LogP contribution >= 0.6 is 0 Å². The molecule has 0 saturated carbocycles. The zero-order chi connectivity index (χ0) is 15.0. The van der Waals surface area contributed by atoms with Crippen LogP contribution in [0.1, 0.15) is 41.4 Å². The molecule has 1 aliphatic carbocycles. The third-order valence-corrected chi connectivity index (χ3v) is 4.55. The fourth-order valence-corrected chi connectivity index (χ4v) is 3.55. The van der Waals surface area contributed by atoms with E-state index in [1.807, 2.05) is 6.07 Å². The maximum Gasteiger partial charge on any atom is 0.337 e. The summed E-state index contributed by atoms with van der Waals surface area (Å²) in [6, 6.07) is 5.63. The Morgan fingerprint density at radius 3 is 3.00 bits per heavy atom. The van der Waals surface area contributed by atoms with Gasteiger partial charge in [0.1, 0.15) is 0 Å². The van der Waals surface area contributed by atoms with Crippen LogP contribution in [0.25, 0.3) is 10.9 Å². The average Bonchev–Trinajstić information content (AvgIpc) is 2.78. The van der Waals surface area contributed by atoms with Crippen LogP contribution in [0.5, 0.6) is 0 Å². The molecule has 1 atom stereocenters. The Balaban J connectivity index is 2.27. The topological polar surface area (TPSA) is 68.2 Å². The molecule has 2 aromatic rings. The van der Waals surface area contributed by atoms with Crippen LogP contribution in [0.3, 0.4) is 0 Å². The van der Waals surface area contributed by atoms with Crippen molar-refractivity contribution in [3.8, 4) is 0 Å². The highest BCUT2D eigenvalue weighted by atomic mass is 16.4. The van der Waals surface area contributed by atoms with Crippen molar-refractivity contribution in [2.45, 2.75) is 39.2 Å². The number of rotatable bonds is 4. The fourth-order valence-electron chi connectivity index (χ4n) is 3.55. The van der Waals surface area contributed by atoms with Gasteiger partial charge in [0.2, 0.25) is 0 Å². The molecule has 4 heteroatoms. The maximum atomic E-state index is 11.6. The molecule has 0 saturated heterocycles. The number of carbonyl (C=O) groups is 1. The minimum atomic E-state index is -0.850. The van der Waals surface area contributed by atoms with E-state index in [0.29, 0.717) is 18.0 Å². The third kappa shape index (κ3) is 2.33. The largest absolute Gasteiger partial charge is 0.478 e. The second-order valence-electron chi connectivity index (χ2n) is 6.07. The van der Waals surface area contributed by atoms with Gasteiger partial charge in [-0.2, -0.15) is 0 Å². The van der Waals surface area contributed by atoms with Crippen LogP contribution in [0.15, 0.2) is 18.2 Å². The van der Waals surface area contributed by atoms with Crippen molar-refractivity contribution >= 4 is 16.9 Å². The molecule has 21 heavy (non-hydrogen) atoms. The summed E-state index contributed by atoms with van der Waals surface area (Å²) in [7, 11) is 0. The molecule has 0 fully saturated rings. The van der Waals surface area contributed by atoms with Crippen LogP contribution in [0.4, 0.5) is 0 Å². The average molecular weight is 286 g/mol. The predicted octanol–water partition coefficient (Wildman–Crippen LogP) is 2.81. The lowest BCUT2D eigenvalue weighted by Crippen LogP contribution is -2.15. The van der Waals surface area contributed by atoms with Crippen LogP contribution in [-0.4, -0.2) is 22.2 Å². The zero-order valence-electron chi connectivity index (χ0n) is 12.4. The highest BCUT2D eigenvalue weighted by Gasteiger charge is 2.25. The number of carboxylic acids is 1. The van der Waals surface area contributed by atoms with Gasteiger partial charge in [-0.25, -0.2) is 4.79 Å². The van der Waals surface area contributed by atoms with Crippen molar-refractivity contribution < 1.29 is 9.90 Å². The molecule has 4 nitrogen and oxygen atoms in total. The molecule has 1 aliphatic rings. The number of carboxylic acid groups (broad SMARTS) is 1. The Kier molecular flexibility index (Phi) is 3.72. The predicted molar refractivity (Wildman–Crippen MR) is 83.8 cm³/mol. The van der Waals surface area contributed by atoms with Gasteiger partial charge >= 0.3 is 5.97 Å². The van der Waals surface area contributed by atoms with Crippen molar-refractivity contribution in [1.29, 1.82) is 0 Å². The Morgan fingerprint density at radius 2 is 2.29 bits per heavy atom. The molecule has 1 unspecified atom stereocenters. The Bertz CT molecular complexity index is 688. The fraction of sp³-hybridized carbons (Fsp3) is 0.471. The van der Waals surface area contributed by atoms with Crippen molar-refractivity contribution in [2.24, 2.45) is 11.7 Å². The second-order valence-corrected chi connectivity index (χ2v) is 6.07. The molecule has 0 radical (unpaired) electrons. The number of nitrogens with two attached hydrogens (primary N) is 1. The number of aryl methyl sites for hydroxylation is 1. The first-order valence-corrected chi connectivity index (χ1v) is 7.69. The summed E-state index contributed by atoms with van der Waals surface area (Å²) in [5.74, 6) is -0.183. The minimum Gasteiger partial charge on any atom is -0.478 e. The van der Waals surface area contributed by atoms with Crippen molar-refractivity contribution in [3.05, 3.63) is 35.0 Å². The number of benzene rings is 1. The molecular weight excluding hydrogens is 264 g/mol. The lowest BCUT2D eigenvalue weighted by molar-refractivity contribution is 0.0698. The van der Waals surface area contributed by atoms with Crippen LogP contribution in [-0.2, 0) is 19.4 Å². The van der Waals surface area contributed by atoms with Gasteiger partial charge in [-0.3, -0.25) is 0 Å². The van der Waals surface area contributed by atoms with Gasteiger partial charge in [0.25, 0.3) is 0 Å². The van der Waals surface area contributed by atoms with E-state index < -0.39 is 5.97 Å². The van der Waals surface area contributed by atoms with E-state index in [4.69, 9.17) is 5.73 Å². The van der Waals surface area contributed by atoms with E-state index in [2.05, 4.69) is 17.6 Å². The van der Waals surface area contributed by atoms with E-state index >= 15 is 0 Å². The molecule has 3 rings (SSSR count). The quantitative estimate of drug-likeness (QED) is 0.908. The SMILES string of the molecule is CC1CCc2c(c3cccc(C(=O)O)c3n2CCCN)C1. The number of nitrogens with zero attached hydrogens (tertiary/aromatic N) is 1. The van der Waals surface area contributed by atoms with E-state index in [1.54, 1.807) is 6.07 Å². The Hall–Kier alpha value is -1.81. The molecule has 1 heterocycles. The first-order valence-electron chi connectivity index (χ1n) is 7.69. The zero-order valence-corrected chi connectivity index (χ0v) is 12.4. The van der Waals surface area contributed by atoms with Gasteiger partial charge in [-0.1, -0.05) is 19.1 Å². The molecule has 0 amide bonds. The molecule has 0 bridgehead atoms. The van der Waals surface area contributed by atoms with E-state index in [-0.39, 0.29) is 0 Å². The molecular formula is C17H22N2O2. The molecule has 0 aliphatic heterocycles. The summed E-state index contributed by atoms with van der Waals surface area (Å²) in [6.45, 7) is 3.70.